The fraction of sp³-hybridized carbons (Fsp3) is 0.176. The van der Waals surface area contributed by atoms with Crippen molar-refractivity contribution in [2.45, 2.75) is 18.5 Å². The zero-order valence-corrected chi connectivity index (χ0v) is 10.9. The number of hydrogen-bond acceptors (Lipinski definition) is 2. The van der Waals surface area contributed by atoms with E-state index in [1.807, 2.05) is 36.4 Å². The molecule has 0 aliphatic rings. The van der Waals surface area contributed by atoms with Crippen molar-refractivity contribution < 1.29 is 0 Å². The lowest BCUT2D eigenvalue weighted by Gasteiger charge is -2.18. The first-order valence-electron chi connectivity index (χ1n) is 6.36. The molecular weight excluding hydrogens is 232 g/mol. The Bertz CT molecular complexity index is 470. The van der Waals surface area contributed by atoms with Crippen LogP contribution in [-0.4, -0.2) is 13.4 Å². The minimum Gasteiger partial charge on any atom is -0.293 e. The molecule has 0 bridgehead atoms. The van der Waals surface area contributed by atoms with E-state index in [1.54, 1.807) is 0 Å². The quantitative estimate of drug-likeness (QED) is 0.684. The molecule has 2 atom stereocenters. The van der Waals surface area contributed by atoms with Crippen LogP contribution in [0.1, 0.15) is 29.6 Å². The van der Waals surface area contributed by atoms with E-state index >= 15 is 0 Å². The van der Waals surface area contributed by atoms with Gasteiger partial charge in [0.2, 0.25) is 0 Å². The lowest BCUT2D eigenvalue weighted by molar-refractivity contribution is 0.566. The maximum absolute atomic E-state index is 4.23. The van der Waals surface area contributed by atoms with E-state index in [-0.39, 0.29) is 12.1 Å². The minimum absolute atomic E-state index is 0.0527. The Morgan fingerprint density at radius 3 is 1.37 bits per heavy atom. The molecule has 0 aliphatic heterocycles. The van der Waals surface area contributed by atoms with Crippen molar-refractivity contribution in [3.8, 4) is 0 Å². The predicted octanol–water partition coefficient (Wildman–Crippen LogP) is 4.26. The van der Waals surface area contributed by atoms with Gasteiger partial charge in [-0.05, 0) is 24.6 Å². The Kier molecular flexibility index (Phi) is 4.62. The smallest absolute Gasteiger partial charge is 0.0765 e. The summed E-state index contributed by atoms with van der Waals surface area (Å²) in [5.41, 5.74) is 2.34. The lowest BCUT2D eigenvalue weighted by Crippen LogP contribution is -2.03. The van der Waals surface area contributed by atoms with E-state index in [2.05, 4.69) is 47.7 Å². The molecule has 0 aromatic heterocycles. The van der Waals surface area contributed by atoms with Crippen LogP contribution in [0.5, 0.6) is 0 Å². The van der Waals surface area contributed by atoms with Crippen molar-refractivity contribution in [1.29, 1.82) is 0 Å². The minimum atomic E-state index is 0.0527. The van der Waals surface area contributed by atoms with Crippen molar-refractivity contribution in [2.75, 3.05) is 0 Å². The average Bonchev–Trinajstić information content (AvgIpc) is 2.50. The third-order valence-electron chi connectivity index (χ3n) is 3.26. The molecule has 0 aliphatic carbocycles. The highest BCUT2D eigenvalue weighted by Gasteiger charge is 2.16. The standard InChI is InChI=1S/C17H18N2/c1-18-16(14-9-5-3-6-10-14)13-17(19-2)15-11-7-4-8-12-15/h3-12,16-17H,1-2,13H2. The van der Waals surface area contributed by atoms with Gasteiger partial charge in [-0.3, -0.25) is 9.98 Å². The summed E-state index contributed by atoms with van der Waals surface area (Å²) in [5, 5.41) is 0. The van der Waals surface area contributed by atoms with Crippen LogP contribution in [-0.2, 0) is 0 Å². The molecule has 2 rings (SSSR count). The third kappa shape index (κ3) is 3.38. The van der Waals surface area contributed by atoms with Gasteiger partial charge in [-0.15, -0.1) is 0 Å². The van der Waals surface area contributed by atoms with Gasteiger partial charge in [-0.2, -0.15) is 0 Å². The maximum atomic E-state index is 4.23. The summed E-state index contributed by atoms with van der Waals surface area (Å²) < 4.78 is 0. The van der Waals surface area contributed by atoms with Gasteiger partial charge < -0.3 is 0 Å². The van der Waals surface area contributed by atoms with Crippen LogP contribution in [0.3, 0.4) is 0 Å². The summed E-state index contributed by atoms with van der Waals surface area (Å²) in [6.45, 7) is 7.41. The van der Waals surface area contributed by atoms with Crippen LogP contribution in [0.2, 0.25) is 0 Å². The Balaban J connectivity index is 2.17. The Morgan fingerprint density at radius 2 is 1.05 bits per heavy atom. The van der Waals surface area contributed by atoms with E-state index in [9.17, 15) is 0 Å². The first-order chi connectivity index (χ1) is 9.35. The van der Waals surface area contributed by atoms with Gasteiger partial charge >= 0.3 is 0 Å². The van der Waals surface area contributed by atoms with E-state index < -0.39 is 0 Å². The van der Waals surface area contributed by atoms with Crippen molar-refractivity contribution in [2.24, 2.45) is 9.98 Å². The molecule has 19 heavy (non-hydrogen) atoms. The lowest BCUT2D eigenvalue weighted by atomic mass is 9.95. The van der Waals surface area contributed by atoms with Crippen LogP contribution >= 0.6 is 0 Å². The second-order valence-electron chi connectivity index (χ2n) is 4.45. The first-order valence-corrected chi connectivity index (χ1v) is 6.36. The molecule has 0 saturated carbocycles. The fourth-order valence-electron chi connectivity index (χ4n) is 2.19. The second-order valence-corrected chi connectivity index (χ2v) is 4.45. The molecule has 2 aromatic carbocycles. The van der Waals surface area contributed by atoms with Crippen LogP contribution < -0.4 is 0 Å². The van der Waals surface area contributed by atoms with Crippen molar-refractivity contribution in [3.63, 3.8) is 0 Å². The van der Waals surface area contributed by atoms with Gasteiger partial charge in [0, 0.05) is 6.42 Å². The molecule has 96 valence electrons. The average molecular weight is 250 g/mol. The second kappa shape index (κ2) is 6.64. The fourth-order valence-corrected chi connectivity index (χ4v) is 2.19. The Hall–Kier alpha value is -2.22. The Labute approximate surface area is 114 Å². The molecule has 0 amide bonds. The topological polar surface area (TPSA) is 24.7 Å². The maximum Gasteiger partial charge on any atom is 0.0765 e. The summed E-state index contributed by atoms with van der Waals surface area (Å²) in [6, 6.07) is 20.5. The van der Waals surface area contributed by atoms with Crippen LogP contribution in [0.25, 0.3) is 0 Å². The highest BCUT2D eigenvalue weighted by Crippen LogP contribution is 2.31. The molecule has 0 N–H and O–H groups in total. The molecule has 0 fully saturated rings. The van der Waals surface area contributed by atoms with Gasteiger partial charge in [0.15, 0.2) is 0 Å². The largest absolute Gasteiger partial charge is 0.293 e. The summed E-state index contributed by atoms with van der Waals surface area (Å²) in [7, 11) is 0. The normalized spacial score (nSPS) is 13.5. The predicted molar refractivity (Wildman–Crippen MR) is 82.1 cm³/mol. The number of nitrogens with zero attached hydrogens (tertiary/aromatic N) is 2. The molecule has 0 heterocycles. The molecule has 0 radical (unpaired) electrons. The number of benzene rings is 2. The van der Waals surface area contributed by atoms with Gasteiger partial charge in [0.25, 0.3) is 0 Å². The molecule has 2 aromatic rings. The number of rotatable bonds is 6. The van der Waals surface area contributed by atoms with Gasteiger partial charge in [0.1, 0.15) is 0 Å². The molecule has 0 spiro atoms. The highest BCUT2D eigenvalue weighted by molar-refractivity contribution is 5.31. The summed E-state index contributed by atoms with van der Waals surface area (Å²) in [5.74, 6) is 0. The van der Waals surface area contributed by atoms with Gasteiger partial charge in [-0.1, -0.05) is 60.7 Å². The van der Waals surface area contributed by atoms with Crippen molar-refractivity contribution >= 4 is 13.4 Å². The zero-order chi connectivity index (χ0) is 13.5. The number of aliphatic imine (C=N–C) groups is 2. The molecule has 2 heteroatoms. The number of hydrogen-bond donors (Lipinski definition) is 0. The first kappa shape index (κ1) is 13.2. The highest BCUT2D eigenvalue weighted by atomic mass is 14.8. The van der Waals surface area contributed by atoms with E-state index in [4.69, 9.17) is 0 Å². The van der Waals surface area contributed by atoms with Crippen LogP contribution in [0.4, 0.5) is 0 Å². The van der Waals surface area contributed by atoms with Crippen molar-refractivity contribution in [1.82, 2.24) is 0 Å². The molecule has 2 nitrogen and oxygen atoms in total. The summed E-state index contributed by atoms with van der Waals surface area (Å²) >= 11 is 0. The van der Waals surface area contributed by atoms with Gasteiger partial charge in [-0.25, -0.2) is 0 Å². The third-order valence-corrected chi connectivity index (χ3v) is 3.26. The van der Waals surface area contributed by atoms with Gasteiger partial charge in [0.05, 0.1) is 12.1 Å². The molecule has 2 unspecified atom stereocenters. The monoisotopic (exact) mass is 250 g/mol. The van der Waals surface area contributed by atoms with Crippen LogP contribution in [0.15, 0.2) is 70.6 Å². The van der Waals surface area contributed by atoms with E-state index in [0.717, 1.165) is 6.42 Å². The Morgan fingerprint density at radius 1 is 0.684 bits per heavy atom. The van der Waals surface area contributed by atoms with E-state index in [1.165, 1.54) is 11.1 Å². The summed E-state index contributed by atoms with van der Waals surface area (Å²) in [4.78, 5) is 8.47. The molecule has 0 saturated heterocycles. The SMILES string of the molecule is C=NC(CC(N=C)c1ccccc1)c1ccccc1. The molecular formula is C17H18N2. The van der Waals surface area contributed by atoms with Crippen LogP contribution in [0, 0.1) is 0 Å². The zero-order valence-electron chi connectivity index (χ0n) is 10.9. The van der Waals surface area contributed by atoms with Crippen molar-refractivity contribution in [3.05, 3.63) is 71.8 Å². The van der Waals surface area contributed by atoms with E-state index in [0.29, 0.717) is 0 Å². The summed E-state index contributed by atoms with van der Waals surface area (Å²) in [6.07, 6.45) is 0.793.